The van der Waals surface area contributed by atoms with Gasteiger partial charge in [0, 0.05) is 31.2 Å². The van der Waals surface area contributed by atoms with Crippen molar-refractivity contribution in [3.63, 3.8) is 0 Å². The third-order valence-corrected chi connectivity index (χ3v) is 8.08. The highest BCUT2D eigenvalue weighted by Crippen LogP contribution is 2.26. The Morgan fingerprint density at radius 3 is 2.38 bits per heavy atom. The lowest BCUT2D eigenvalue weighted by Crippen LogP contribution is -2.40. The molecule has 0 bridgehead atoms. The molecule has 1 aliphatic rings. The number of benzene rings is 3. The zero-order chi connectivity index (χ0) is 26.3. The Hall–Kier alpha value is -3.11. The molecular formula is C27H30ClN3O5S. The van der Waals surface area contributed by atoms with Gasteiger partial charge in [-0.15, -0.1) is 0 Å². The highest BCUT2D eigenvalue weighted by molar-refractivity contribution is 7.92. The molecule has 3 aromatic rings. The molecule has 1 N–H and O–H groups in total. The van der Waals surface area contributed by atoms with Crippen molar-refractivity contribution in [2.45, 2.75) is 18.0 Å². The van der Waals surface area contributed by atoms with Gasteiger partial charge in [-0.05, 0) is 59.7 Å². The maximum Gasteiger partial charge on any atom is 0.264 e. The van der Waals surface area contributed by atoms with Crippen LogP contribution in [-0.2, 0) is 32.6 Å². The summed E-state index contributed by atoms with van der Waals surface area (Å²) in [5, 5.41) is 3.32. The molecule has 3 aromatic carbocycles. The minimum absolute atomic E-state index is 0.0480. The lowest BCUT2D eigenvalue weighted by molar-refractivity contribution is -0.119. The molecule has 10 heteroatoms. The normalized spacial score (nSPS) is 14.2. The molecule has 0 aromatic heterocycles. The quantitative estimate of drug-likeness (QED) is 0.419. The fourth-order valence-electron chi connectivity index (χ4n) is 4.04. The van der Waals surface area contributed by atoms with Crippen molar-refractivity contribution in [1.82, 2.24) is 10.2 Å². The Kier molecular flexibility index (Phi) is 9.04. The van der Waals surface area contributed by atoms with Crippen LogP contribution in [-0.4, -0.2) is 59.2 Å². The van der Waals surface area contributed by atoms with Gasteiger partial charge in [0.15, 0.2) is 0 Å². The summed E-state index contributed by atoms with van der Waals surface area (Å²) in [5.74, 6) is 0.108. The van der Waals surface area contributed by atoms with Gasteiger partial charge in [0.1, 0.15) is 12.3 Å². The van der Waals surface area contributed by atoms with Crippen LogP contribution in [0.4, 0.5) is 5.69 Å². The van der Waals surface area contributed by atoms with Gasteiger partial charge in [-0.1, -0.05) is 35.9 Å². The summed E-state index contributed by atoms with van der Waals surface area (Å²) in [6.45, 7) is 3.97. The molecular weight excluding hydrogens is 514 g/mol. The molecule has 1 heterocycles. The van der Waals surface area contributed by atoms with Crippen molar-refractivity contribution in [1.29, 1.82) is 0 Å². The first-order valence-corrected chi connectivity index (χ1v) is 13.7. The standard InChI is InChI=1S/C27H30ClN3O5S/c1-35-25-9-11-26(12-10-25)37(33,34)31(24-7-5-23(28)6-8-24)20-27(32)29-18-21-3-2-4-22(17-21)19-30-13-15-36-16-14-30/h2-12,17H,13-16,18-20H2,1H3,(H,29,32). The van der Waals surface area contributed by atoms with E-state index in [1.807, 2.05) is 12.1 Å². The SMILES string of the molecule is COc1ccc(S(=O)(=O)N(CC(=O)NCc2cccc(CN3CCOCC3)c2)c2ccc(Cl)cc2)cc1. The minimum Gasteiger partial charge on any atom is -0.497 e. The molecule has 1 aliphatic heterocycles. The third kappa shape index (κ3) is 7.23. The van der Waals surface area contributed by atoms with Crippen LogP contribution in [0.1, 0.15) is 11.1 Å². The van der Waals surface area contributed by atoms with Gasteiger partial charge in [0.05, 0.1) is 30.9 Å². The van der Waals surface area contributed by atoms with Crippen molar-refractivity contribution in [2.24, 2.45) is 0 Å². The zero-order valence-electron chi connectivity index (χ0n) is 20.6. The molecule has 1 amide bonds. The average Bonchev–Trinajstić information content (AvgIpc) is 2.92. The van der Waals surface area contributed by atoms with E-state index in [-0.39, 0.29) is 18.0 Å². The van der Waals surface area contributed by atoms with Crippen LogP contribution in [0.2, 0.25) is 5.02 Å². The van der Waals surface area contributed by atoms with Crippen LogP contribution in [0.3, 0.4) is 0 Å². The Bertz CT molecular complexity index is 1290. The number of hydrogen-bond acceptors (Lipinski definition) is 6. The van der Waals surface area contributed by atoms with E-state index in [1.54, 1.807) is 36.4 Å². The summed E-state index contributed by atoms with van der Waals surface area (Å²) in [6, 6.07) is 20.4. The van der Waals surface area contributed by atoms with Crippen LogP contribution < -0.4 is 14.4 Å². The third-order valence-electron chi connectivity index (χ3n) is 6.04. The van der Waals surface area contributed by atoms with Gasteiger partial charge in [-0.3, -0.25) is 14.0 Å². The number of amides is 1. The monoisotopic (exact) mass is 543 g/mol. The summed E-state index contributed by atoms with van der Waals surface area (Å²) >= 11 is 6.01. The van der Waals surface area contributed by atoms with E-state index < -0.39 is 15.9 Å². The number of carbonyl (C=O) groups excluding carboxylic acids is 1. The van der Waals surface area contributed by atoms with Gasteiger partial charge >= 0.3 is 0 Å². The lowest BCUT2D eigenvalue weighted by atomic mass is 10.1. The molecule has 0 unspecified atom stereocenters. The molecule has 0 radical (unpaired) electrons. The zero-order valence-corrected chi connectivity index (χ0v) is 22.2. The molecule has 0 atom stereocenters. The first-order chi connectivity index (χ1) is 17.8. The maximum absolute atomic E-state index is 13.5. The number of morpholine rings is 1. The Morgan fingerprint density at radius 1 is 1.03 bits per heavy atom. The summed E-state index contributed by atoms with van der Waals surface area (Å²) in [7, 11) is -2.53. The molecule has 0 saturated carbocycles. The van der Waals surface area contributed by atoms with E-state index in [0.29, 0.717) is 16.5 Å². The van der Waals surface area contributed by atoms with Crippen molar-refractivity contribution < 1.29 is 22.7 Å². The lowest BCUT2D eigenvalue weighted by Gasteiger charge is -2.26. The Morgan fingerprint density at radius 2 is 1.70 bits per heavy atom. The van der Waals surface area contributed by atoms with Gasteiger partial charge in [-0.25, -0.2) is 8.42 Å². The van der Waals surface area contributed by atoms with Crippen molar-refractivity contribution >= 4 is 33.2 Å². The summed E-state index contributed by atoms with van der Waals surface area (Å²) in [6.07, 6.45) is 0. The second-order valence-corrected chi connectivity index (χ2v) is 10.9. The fourth-order valence-corrected chi connectivity index (χ4v) is 5.59. The molecule has 1 fully saturated rings. The number of hydrogen-bond donors (Lipinski definition) is 1. The number of methoxy groups -OCH3 is 1. The number of sulfonamides is 1. The van der Waals surface area contributed by atoms with Gasteiger partial charge in [0.2, 0.25) is 5.91 Å². The largest absolute Gasteiger partial charge is 0.497 e. The van der Waals surface area contributed by atoms with Crippen LogP contribution in [0, 0.1) is 0 Å². The first-order valence-electron chi connectivity index (χ1n) is 11.9. The van der Waals surface area contributed by atoms with Gasteiger partial charge < -0.3 is 14.8 Å². The van der Waals surface area contributed by atoms with Crippen molar-refractivity contribution in [3.05, 3.63) is 88.9 Å². The Labute approximate surface area is 222 Å². The van der Waals surface area contributed by atoms with E-state index in [4.69, 9.17) is 21.1 Å². The Balaban J connectivity index is 1.46. The number of anilines is 1. The van der Waals surface area contributed by atoms with E-state index in [2.05, 4.69) is 22.3 Å². The molecule has 4 rings (SSSR count). The molecule has 196 valence electrons. The van der Waals surface area contributed by atoms with E-state index in [9.17, 15) is 13.2 Å². The number of nitrogens with zero attached hydrogens (tertiary/aromatic N) is 2. The smallest absolute Gasteiger partial charge is 0.264 e. The highest BCUT2D eigenvalue weighted by atomic mass is 35.5. The molecule has 0 aliphatic carbocycles. The molecule has 37 heavy (non-hydrogen) atoms. The maximum atomic E-state index is 13.5. The average molecular weight is 544 g/mol. The first kappa shape index (κ1) is 26.9. The van der Waals surface area contributed by atoms with E-state index >= 15 is 0 Å². The van der Waals surface area contributed by atoms with Gasteiger partial charge in [-0.2, -0.15) is 0 Å². The van der Waals surface area contributed by atoms with E-state index in [1.165, 1.54) is 19.2 Å². The number of nitrogens with one attached hydrogen (secondary N) is 1. The summed E-state index contributed by atoms with van der Waals surface area (Å²) < 4.78 is 38.7. The molecule has 0 spiro atoms. The second kappa shape index (κ2) is 12.4. The predicted octanol–water partition coefficient (Wildman–Crippen LogP) is 3.69. The number of carbonyl (C=O) groups is 1. The number of ether oxygens (including phenoxy) is 2. The van der Waals surface area contributed by atoms with Crippen LogP contribution >= 0.6 is 11.6 Å². The van der Waals surface area contributed by atoms with Crippen LogP contribution in [0.5, 0.6) is 5.75 Å². The highest BCUT2D eigenvalue weighted by Gasteiger charge is 2.27. The van der Waals surface area contributed by atoms with Crippen molar-refractivity contribution in [3.8, 4) is 5.75 Å². The van der Waals surface area contributed by atoms with Crippen molar-refractivity contribution in [2.75, 3.05) is 44.3 Å². The fraction of sp³-hybridized carbons (Fsp3) is 0.296. The van der Waals surface area contributed by atoms with Gasteiger partial charge in [0.25, 0.3) is 10.0 Å². The second-order valence-electron chi connectivity index (χ2n) is 8.65. The summed E-state index contributed by atoms with van der Waals surface area (Å²) in [4.78, 5) is 15.3. The summed E-state index contributed by atoms with van der Waals surface area (Å²) in [5.41, 5.74) is 2.43. The number of halogens is 1. The van der Waals surface area contributed by atoms with E-state index in [0.717, 1.165) is 48.3 Å². The predicted molar refractivity (Wildman–Crippen MR) is 143 cm³/mol. The van der Waals surface area contributed by atoms with Crippen LogP contribution in [0.25, 0.3) is 0 Å². The molecule has 8 nitrogen and oxygen atoms in total. The topological polar surface area (TPSA) is 88.2 Å². The van der Waals surface area contributed by atoms with Crippen LogP contribution in [0.15, 0.2) is 77.7 Å². The number of rotatable bonds is 10. The molecule has 1 saturated heterocycles. The minimum atomic E-state index is -4.03.